The number of carbonyl (C=O) groups excluding carboxylic acids is 1. The second-order valence-corrected chi connectivity index (χ2v) is 9.68. The van der Waals surface area contributed by atoms with Gasteiger partial charge in [-0.2, -0.15) is 0 Å². The van der Waals surface area contributed by atoms with E-state index in [9.17, 15) is 4.79 Å². The van der Waals surface area contributed by atoms with Gasteiger partial charge in [-0.05, 0) is 69.5 Å². The Kier molecular flexibility index (Phi) is 7.23. The third-order valence-electron chi connectivity index (χ3n) is 7.47. The number of nitrogens with two attached hydrogens (primary N) is 1. The summed E-state index contributed by atoms with van der Waals surface area (Å²) < 4.78 is 15.4. The molecule has 2 aliphatic rings. The fourth-order valence-electron chi connectivity index (χ4n) is 5.49. The van der Waals surface area contributed by atoms with Crippen molar-refractivity contribution in [3.63, 3.8) is 0 Å². The van der Waals surface area contributed by atoms with E-state index in [0.29, 0.717) is 42.6 Å². The van der Waals surface area contributed by atoms with Crippen LogP contribution in [0.1, 0.15) is 55.1 Å². The highest BCUT2D eigenvalue weighted by Gasteiger charge is 2.29. The van der Waals surface area contributed by atoms with E-state index in [1.807, 2.05) is 13.0 Å². The molecule has 2 N–H and O–H groups in total. The van der Waals surface area contributed by atoms with Gasteiger partial charge in [0.2, 0.25) is 0 Å². The molecule has 1 amide bonds. The summed E-state index contributed by atoms with van der Waals surface area (Å²) in [4.78, 5) is 30.7. The molecule has 36 heavy (non-hydrogen) atoms. The van der Waals surface area contributed by atoms with Crippen molar-refractivity contribution in [2.45, 2.75) is 51.5 Å². The quantitative estimate of drug-likeness (QED) is 0.566. The summed E-state index contributed by atoms with van der Waals surface area (Å²) in [5, 5.41) is 0. The van der Waals surface area contributed by atoms with Gasteiger partial charge in [-0.1, -0.05) is 19.4 Å². The van der Waals surface area contributed by atoms with Gasteiger partial charge in [-0.15, -0.1) is 0 Å². The zero-order chi connectivity index (χ0) is 25.1. The summed E-state index contributed by atoms with van der Waals surface area (Å²) in [7, 11) is 0. The largest absolute Gasteiger partial charge is 0.384 e. The summed E-state index contributed by atoms with van der Waals surface area (Å²) in [6, 6.07) is 8.89. The van der Waals surface area contributed by atoms with Gasteiger partial charge < -0.3 is 15.5 Å². The first-order valence-electron chi connectivity index (χ1n) is 12.9. The van der Waals surface area contributed by atoms with Crippen molar-refractivity contribution < 1.29 is 9.18 Å². The van der Waals surface area contributed by atoms with Crippen molar-refractivity contribution in [3.8, 4) is 22.4 Å². The number of likely N-dealkylation sites (tertiary alicyclic amines) is 2. The molecule has 0 unspecified atom stereocenters. The van der Waals surface area contributed by atoms with Crippen molar-refractivity contribution in [2.75, 3.05) is 31.9 Å². The predicted molar refractivity (Wildman–Crippen MR) is 139 cm³/mol. The molecule has 0 atom stereocenters. The first-order chi connectivity index (χ1) is 17.5. The number of rotatable bonds is 5. The first kappa shape index (κ1) is 24.3. The number of hydrogen-bond donors (Lipinski definition) is 1. The van der Waals surface area contributed by atoms with Crippen molar-refractivity contribution in [2.24, 2.45) is 0 Å². The molecule has 4 heterocycles. The standard InChI is InChI=1S/C28H33FN6O/c1-2-24-26(20-7-9-25(30)31-17-20)27(33-18-32-24)19-6-8-22(23(29)16-19)28(36)35-14-10-21(11-15-35)34-12-4-3-5-13-34/h6-9,16-18,21H,2-5,10-15H2,1H3,(H2,30,31). The van der Waals surface area contributed by atoms with E-state index in [-0.39, 0.29) is 11.5 Å². The van der Waals surface area contributed by atoms with Gasteiger partial charge in [0.05, 0.1) is 17.0 Å². The number of amides is 1. The average molecular weight is 489 g/mol. The van der Waals surface area contributed by atoms with Gasteiger partial charge in [-0.3, -0.25) is 4.79 Å². The van der Waals surface area contributed by atoms with Crippen LogP contribution in [-0.2, 0) is 6.42 Å². The van der Waals surface area contributed by atoms with Gasteiger partial charge in [0, 0.05) is 42.0 Å². The lowest BCUT2D eigenvalue weighted by molar-refractivity contribution is 0.0586. The lowest BCUT2D eigenvalue weighted by atomic mass is 9.96. The van der Waals surface area contributed by atoms with Crippen LogP contribution in [-0.4, -0.2) is 62.9 Å². The highest BCUT2D eigenvalue weighted by molar-refractivity contribution is 5.95. The van der Waals surface area contributed by atoms with Gasteiger partial charge in [0.15, 0.2) is 0 Å². The van der Waals surface area contributed by atoms with Crippen molar-refractivity contribution in [3.05, 3.63) is 59.9 Å². The molecule has 188 valence electrons. The van der Waals surface area contributed by atoms with Crippen LogP contribution in [0.4, 0.5) is 10.2 Å². The van der Waals surface area contributed by atoms with E-state index in [2.05, 4.69) is 19.9 Å². The van der Waals surface area contributed by atoms with Crippen LogP contribution < -0.4 is 5.73 Å². The number of piperidine rings is 2. The maximum atomic E-state index is 15.4. The minimum Gasteiger partial charge on any atom is -0.384 e. The average Bonchev–Trinajstić information content (AvgIpc) is 2.93. The summed E-state index contributed by atoms with van der Waals surface area (Å²) in [6.07, 6.45) is 9.59. The molecule has 0 spiro atoms. The number of nitrogen functional groups attached to an aromatic ring is 1. The molecule has 1 aromatic carbocycles. The second-order valence-electron chi connectivity index (χ2n) is 9.68. The molecule has 3 aromatic rings. The van der Waals surface area contributed by atoms with E-state index in [1.165, 1.54) is 31.7 Å². The molecule has 0 radical (unpaired) electrons. The molecular weight excluding hydrogens is 455 g/mol. The van der Waals surface area contributed by atoms with E-state index in [0.717, 1.165) is 42.8 Å². The highest BCUT2D eigenvalue weighted by atomic mass is 19.1. The van der Waals surface area contributed by atoms with Gasteiger partial charge in [0.25, 0.3) is 5.91 Å². The summed E-state index contributed by atoms with van der Waals surface area (Å²) in [6.45, 7) is 5.66. The van der Waals surface area contributed by atoms with E-state index in [1.54, 1.807) is 29.3 Å². The molecule has 5 rings (SSSR count). The van der Waals surface area contributed by atoms with Crippen LogP contribution in [0.5, 0.6) is 0 Å². The molecule has 0 saturated carbocycles. The molecule has 0 bridgehead atoms. The van der Waals surface area contributed by atoms with Crippen LogP contribution in [0.25, 0.3) is 22.4 Å². The monoisotopic (exact) mass is 488 g/mol. The molecule has 0 aliphatic carbocycles. The number of hydrogen-bond acceptors (Lipinski definition) is 6. The number of carbonyl (C=O) groups is 1. The fourth-order valence-corrected chi connectivity index (χ4v) is 5.49. The normalized spacial score (nSPS) is 17.3. The van der Waals surface area contributed by atoms with Gasteiger partial charge in [0.1, 0.15) is 18.0 Å². The Morgan fingerprint density at radius 1 is 1.00 bits per heavy atom. The Hall–Kier alpha value is -3.39. The Balaban J connectivity index is 1.36. The number of aryl methyl sites for hydroxylation is 1. The third-order valence-corrected chi connectivity index (χ3v) is 7.47. The molecule has 7 nitrogen and oxygen atoms in total. The van der Waals surface area contributed by atoms with E-state index >= 15 is 4.39 Å². The maximum Gasteiger partial charge on any atom is 0.256 e. The van der Waals surface area contributed by atoms with Crippen LogP contribution in [0, 0.1) is 5.82 Å². The fraction of sp³-hybridized carbons (Fsp3) is 0.429. The van der Waals surface area contributed by atoms with Gasteiger partial charge in [-0.25, -0.2) is 19.3 Å². The summed E-state index contributed by atoms with van der Waals surface area (Å²) in [5.41, 5.74) is 9.52. The van der Waals surface area contributed by atoms with Crippen molar-refractivity contribution >= 4 is 11.7 Å². The lowest BCUT2D eigenvalue weighted by Gasteiger charge is -2.40. The molecule has 2 fully saturated rings. The Labute approximate surface area is 211 Å². The van der Waals surface area contributed by atoms with Crippen LogP contribution in [0.15, 0.2) is 42.9 Å². The molecule has 2 saturated heterocycles. The van der Waals surface area contributed by atoms with E-state index in [4.69, 9.17) is 5.73 Å². The SMILES string of the molecule is CCc1ncnc(-c2ccc(C(=O)N3CCC(N4CCCCC4)CC3)c(F)c2)c1-c1ccc(N)nc1. The topological polar surface area (TPSA) is 88.2 Å². The minimum atomic E-state index is -0.534. The summed E-state index contributed by atoms with van der Waals surface area (Å²) in [5.74, 6) is -0.353. The third kappa shape index (κ3) is 4.95. The highest BCUT2D eigenvalue weighted by Crippen LogP contribution is 2.33. The molecular formula is C28H33FN6O. The van der Waals surface area contributed by atoms with Crippen LogP contribution >= 0.6 is 0 Å². The zero-order valence-corrected chi connectivity index (χ0v) is 20.8. The number of pyridine rings is 1. The number of aromatic nitrogens is 3. The Bertz CT molecular complexity index is 1220. The van der Waals surface area contributed by atoms with Crippen LogP contribution in [0.2, 0.25) is 0 Å². The Morgan fingerprint density at radius 2 is 1.75 bits per heavy atom. The molecule has 2 aromatic heterocycles. The predicted octanol–water partition coefficient (Wildman–Crippen LogP) is 4.58. The molecule has 8 heteroatoms. The van der Waals surface area contributed by atoms with Crippen molar-refractivity contribution in [1.29, 1.82) is 0 Å². The van der Waals surface area contributed by atoms with Gasteiger partial charge >= 0.3 is 0 Å². The second kappa shape index (κ2) is 10.7. The van der Waals surface area contributed by atoms with Crippen LogP contribution in [0.3, 0.4) is 0 Å². The lowest BCUT2D eigenvalue weighted by Crippen LogP contribution is -2.48. The number of halogens is 1. The van der Waals surface area contributed by atoms with E-state index < -0.39 is 5.82 Å². The number of nitrogens with zero attached hydrogens (tertiary/aromatic N) is 5. The zero-order valence-electron chi connectivity index (χ0n) is 20.8. The smallest absolute Gasteiger partial charge is 0.256 e. The maximum absolute atomic E-state index is 15.4. The molecule has 2 aliphatic heterocycles. The number of anilines is 1. The summed E-state index contributed by atoms with van der Waals surface area (Å²) >= 11 is 0. The first-order valence-corrected chi connectivity index (χ1v) is 12.9. The van der Waals surface area contributed by atoms with Crippen molar-refractivity contribution in [1.82, 2.24) is 24.8 Å². The minimum absolute atomic E-state index is 0.107. The number of benzene rings is 1. The Morgan fingerprint density at radius 3 is 2.42 bits per heavy atom.